The predicted molar refractivity (Wildman–Crippen MR) is 85.6 cm³/mol. The Kier molecular flexibility index (Phi) is 5.41. The minimum atomic E-state index is -3.43. The molecule has 0 radical (unpaired) electrons. The molecule has 0 saturated heterocycles. The van der Waals surface area contributed by atoms with Crippen LogP contribution >= 0.6 is 0 Å². The maximum atomic E-state index is 12.6. The zero-order chi connectivity index (χ0) is 15.3. The van der Waals surface area contributed by atoms with Gasteiger partial charge < -0.3 is 5.32 Å². The van der Waals surface area contributed by atoms with Crippen molar-refractivity contribution in [1.29, 1.82) is 0 Å². The highest BCUT2D eigenvalue weighted by Crippen LogP contribution is 2.43. The lowest BCUT2D eigenvalue weighted by atomic mass is 9.67. The second-order valence-electron chi connectivity index (χ2n) is 5.92. The number of hydrogen-bond acceptors (Lipinski definition) is 3. The van der Waals surface area contributed by atoms with Crippen LogP contribution in [0, 0.1) is 5.41 Å². The first-order chi connectivity index (χ1) is 10.0. The SMILES string of the molecule is CCNCc1ccccc1S(=O)(=O)NCC1(CC)CCC1. The van der Waals surface area contributed by atoms with E-state index in [1.807, 2.05) is 19.1 Å². The zero-order valence-electron chi connectivity index (χ0n) is 13.0. The Morgan fingerprint density at radius 1 is 1.19 bits per heavy atom. The van der Waals surface area contributed by atoms with Crippen molar-refractivity contribution < 1.29 is 8.42 Å². The Bertz CT molecular complexity index is 560. The Balaban J connectivity index is 2.12. The third-order valence-electron chi connectivity index (χ3n) is 4.63. The molecule has 0 bridgehead atoms. The normalized spacial score (nSPS) is 17.4. The van der Waals surface area contributed by atoms with Crippen molar-refractivity contribution >= 4 is 10.0 Å². The van der Waals surface area contributed by atoms with Gasteiger partial charge in [-0.1, -0.05) is 38.5 Å². The smallest absolute Gasteiger partial charge is 0.240 e. The van der Waals surface area contributed by atoms with E-state index >= 15 is 0 Å². The molecule has 1 fully saturated rings. The highest BCUT2D eigenvalue weighted by Gasteiger charge is 2.36. The van der Waals surface area contributed by atoms with E-state index in [2.05, 4.69) is 17.0 Å². The van der Waals surface area contributed by atoms with E-state index in [9.17, 15) is 8.42 Å². The highest BCUT2D eigenvalue weighted by molar-refractivity contribution is 7.89. The monoisotopic (exact) mass is 310 g/mol. The predicted octanol–water partition coefficient (Wildman–Crippen LogP) is 2.65. The lowest BCUT2D eigenvalue weighted by Gasteiger charge is -2.41. The molecule has 1 aromatic carbocycles. The van der Waals surface area contributed by atoms with Crippen molar-refractivity contribution in [3.63, 3.8) is 0 Å². The minimum absolute atomic E-state index is 0.184. The van der Waals surface area contributed by atoms with Crippen LogP contribution in [0.5, 0.6) is 0 Å². The maximum absolute atomic E-state index is 12.6. The van der Waals surface area contributed by atoms with Gasteiger partial charge in [0.2, 0.25) is 10.0 Å². The Hall–Kier alpha value is -0.910. The summed E-state index contributed by atoms with van der Waals surface area (Å²) in [5.41, 5.74) is 1.01. The van der Waals surface area contributed by atoms with Crippen molar-refractivity contribution in [3.05, 3.63) is 29.8 Å². The molecule has 0 unspecified atom stereocenters. The molecule has 1 aliphatic rings. The van der Waals surface area contributed by atoms with Crippen LogP contribution in [0.2, 0.25) is 0 Å². The molecule has 0 amide bonds. The molecule has 2 rings (SSSR count). The molecular formula is C16H26N2O2S. The molecular weight excluding hydrogens is 284 g/mol. The molecule has 118 valence electrons. The van der Waals surface area contributed by atoms with Crippen molar-refractivity contribution in [2.24, 2.45) is 5.41 Å². The van der Waals surface area contributed by atoms with Gasteiger partial charge in [0, 0.05) is 13.1 Å². The van der Waals surface area contributed by atoms with Crippen molar-refractivity contribution in [1.82, 2.24) is 10.0 Å². The van der Waals surface area contributed by atoms with Crippen LogP contribution in [0.1, 0.15) is 45.1 Å². The third-order valence-corrected chi connectivity index (χ3v) is 6.13. The van der Waals surface area contributed by atoms with Crippen LogP contribution in [0.15, 0.2) is 29.2 Å². The summed E-state index contributed by atoms with van der Waals surface area (Å²) in [6.45, 7) is 6.11. The van der Waals surface area contributed by atoms with E-state index in [-0.39, 0.29) is 5.41 Å². The fourth-order valence-corrected chi connectivity index (χ4v) is 4.22. The summed E-state index contributed by atoms with van der Waals surface area (Å²) in [5, 5.41) is 3.19. The molecule has 4 nitrogen and oxygen atoms in total. The fourth-order valence-electron chi connectivity index (χ4n) is 2.83. The average Bonchev–Trinajstić information content (AvgIpc) is 2.44. The summed E-state index contributed by atoms with van der Waals surface area (Å²) in [4.78, 5) is 0.400. The summed E-state index contributed by atoms with van der Waals surface area (Å²) in [6.07, 6.45) is 4.51. The molecule has 1 saturated carbocycles. The van der Waals surface area contributed by atoms with Crippen molar-refractivity contribution in [2.75, 3.05) is 13.1 Å². The van der Waals surface area contributed by atoms with Gasteiger partial charge in [0.05, 0.1) is 4.90 Å². The van der Waals surface area contributed by atoms with E-state index in [4.69, 9.17) is 0 Å². The molecule has 0 atom stereocenters. The second kappa shape index (κ2) is 6.90. The fraction of sp³-hybridized carbons (Fsp3) is 0.625. The summed E-state index contributed by atoms with van der Waals surface area (Å²) in [5.74, 6) is 0. The molecule has 0 aromatic heterocycles. The van der Waals surface area contributed by atoms with E-state index in [1.54, 1.807) is 12.1 Å². The molecule has 0 spiro atoms. The molecule has 5 heteroatoms. The molecule has 1 aromatic rings. The van der Waals surface area contributed by atoms with Crippen LogP contribution in [-0.2, 0) is 16.6 Å². The first-order valence-electron chi connectivity index (χ1n) is 7.81. The summed E-state index contributed by atoms with van der Waals surface area (Å²) in [6, 6.07) is 7.22. The van der Waals surface area contributed by atoms with E-state index in [1.165, 1.54) is 6.42 Å². The topological polar surface area (TPSA) is 58.2 Å². The van der Waals surface area contributed by atoms with E-state index in [0.717, 1.165) is 31.4 Å². The third kappa shape index (κ3) is 3.84. The van der Waals surface area contributed by atoms with Crippen LogP contribution in [0.3, 0.4) is 0 Å². The Morgan fingerprint density at radius 3 is 2.48 bits per heavy atom. The molecule has 0 heterocycles. The number of sulfonamides is 1. The largest absolute Gasteiger partial charge is 0.313 e. The number of hydrogen-bond donors (Lipinski definition) is 2. The second-order valence-corrected chi connectivity index (χ2v) is 7.66. The number of rotatable bonds is 8. The Morgan fingerprint density at radius 2 is 1.90 bits per heavy atom. The van der Waals surface area contributed by atoms with Crippen LogP contribution in [0.4, 0.5) is 0 Å². The van der Waals surface area contributed by atoms with Crippen molar-refractivity contribution in [2.45, 2.75) is 51.0 Å². The average molecular weight is 310 g/mol. The van der Waals surface area contributed by atoms with Crippen LogP contribution in [0.25, 0.3) is 0 Å². The van der Waals surface area contributed by atoms with Gasteiger partial charge in [0.25, 0.3) is 0 Å². The molecule has 2 N–H and O–H groups in total. The van der Waals surface area contributed by atoms with Gasteiger partial charge in [-0.25, -0.2) is 13.1 Å². The van der Waals surface area contributed by atoms with Crippen LogP contribution < -0.4 is 10.0 Å². The number of benzene rings is 1. The summed E-state index contributed by atoms with van der Waals surface area (Å²) in [7, 11) is -3.43. The summed E-state index contributed by atoms with van der Waals surface area (Å²) >= 11 is 0. The van der Waals surface area contributed by atoms with Crippen molar-refractivity contribution in [3.8, 4) is 0 Å². The highest BCUT2D eigenvalue weighted by atomic mass is 32.2. The first kappa shape index (κ1) is 16.5. The Labute approximate surface area is 128 Å². The lowest BCUT2D eigenvalue weighted by Crippen LogP contribution is -2.41. The van der Waals surface area contributed by atoms with E-state index in [0.29, 0.717) is 18.0 Å². The van der Waals surface area contributed by atoms with Gasteiger partial charge in [0.15, 0.2) is 0 Å². The quantitative estimate of drug-likeness (QED) is 0.776. The van der Waals surface area contributed by atoms with Gasteiger partial charge in [0.1, 0.15) is 0 Å². The van der Waals surface area contributed by atoms with Gasteiger partial charge in [-0.05, 0) is 42.9 Å². The maximum Gasteiger partial charge on any atom is 0.240 e. The summed E-state index contributed by atoms with van der Waals surface area (Å²) < 4.78 is 28.0. The number of nitrogens with one attached hydrogen (secondary N) is 2. The lowest BCUT2D eigenvalue weighted by molar-refractivity contribution is 0.133. The van der Waals surface area contributed by atoms with Gasteiger partial charge in [-0.15, -0.1) is 0 Å². The minimum Gasteiger partial charge on any atom is -0.313 e. The van der Waals surface area contributed by atoms with Gasteiger partial charge in [-0.3, -0.25) is 0 Å². The molecule has 0 aliphatic heterocycles. The van der Waals surface area contributed by atoms with Gasteiger partial charge >= 0.3 is 0 Å². The van der Waals surface area contributed by atoms with Gasteiger partial charge in [-0.2, -0.15) is 0 Å². The first-order valence-corrected chi connectivity index (χ1v) is 9.29. The standard InChI is InChI=1S/C16H26N2O2S/c1-3-16(10-7-11-16)13-18-21(19,20)15-9-6-5-8-14(15)12-17-4-2/h5-6,8-9,17-18H,3-4,7,10-13H2,1-2H3. The van der Waals surface area contributed by atoms with Crippen LogP contribution in [-0.4, -0.2) is 21.5 Å². The zero-order valence-corrected chi connectivity index (χ0v) is 13.8. The van der Waals surface area contributed by atoms with E-state index < -0.39 is 10.0 Å². The molecule has 21 heavy (non-hydrogen) atoms. The molecule has 1 aliphatic carbocycles.